The van der Waals surface area contributed by atoms with E-state index in [9.17, 15) is 5.11 Å². The van der Waals surface area contributed by atoms with E-state index in [1.165, 1.54) is 18.4 Å². The Morgan fingerprint density at radius 2 is 1.71 bits per heavy atom. The summed E-state index contributed by atoms with van der Waals surface area (Å²) < 4.78 is 5.89. The van der Waals surface area contributed by atoms with E-state index in [0.717, 1.165) is 30.7 Å². The summed E-state index contributed by atoms with van der Waals surface area (Å²) in [6.07, 6.45) is 5.72. The summed E-state index contributed by atoms with van der Waals surface area (Å²) in [7, 11) is 0. The monoisotopic (exact) mass is 290 g/mol. The average molecular weight is 290 g/mol. The van der Waals surface area contributed by atoms with Crippen LogP contribution in [0.2, 0.25) is 0 Å². The van der Waals surface area contributed by atoms with Gasteiger partial charge in [0.2, 0.25) is 0 Å². The van der Waals surface area contributed by atoms with Crippen LogP contribution in [0.4, 0.5) is 0 Å². The smallest absolute Gasteiger partial charge is 0.102 e. The average Bonchev–Trinajstić information content (AvgIpc) is 2.46. The van der Waals surface area contributed by atoms with Gasteiger partial charge in [-0.1, -0.05) is 45.0 Å². The first-order valence-corrected chi connectivity index (χ1v) is 8.43. The number of aliphatic hydroxyl groups is 1. The summed E-state index contributed by atoms with van der Waals surface area (Å²) in [4.78, 5) is 0. The first-order valence-electron chi connectivity index (χ1n) is 8.43. The molecular weight excluding hydrogens is 260 g/mol. The Morgan fingerprint density at radius 1 is 1.10 bits per heavy atom. The fourth-order valence-electron chi connectivity index (χ4n) is 3.07. The second-order valence-electron chi connectivity index (χ2n) is 7.07. The van der Waals surface area contributed by atoms with Gasteiger partial charge < -0.3 is 9.84 Å². The van der Waals surface area contributed by atoms with Crippen molar-refractivity contribution in [1.82, 2.24) is 0 Å². The zero-order chi connectivity index (χ0) is 15.2. The minimum Gasteiger partial charge on any atom is -0.386 e. The van der Waals surface area contributed by atoms with Crippen molar-refractivity contribution in [3.63, 3.8) is 0 Å². The highest BCUT2D eigenvalue weighted by molar-refractivity contribution is 5.24. The molecule has 1 aliphatic rings. The zero-order valence-corrected chi connectivity index (χ0v) is 13.7. The first-order chi connectivity index (χ1) is 10.0. The van der Waals surface area contributed by atoms with Crippen molar-refractivity contribution in [1.29, 1.82) is 0 Å². The van der Waals surface area contributed by atoms with Crippen LogP contribution >= 0.6 is 0 Å². The Labute approximate surface area is 129 Å². The van der Waals surface area contributed by atoms with Crippen LogP contribution < -0.4 is 0 Å². The number of ether oxygens (including phenoxy) is 1. The lowest BCUT2D eigenvalue weighted by Gasteiger charge is -2.27. The van der Waals surface area contributed by atoms with E-state index in [-0.39, 0.29) is 0 Å². The molecule has 0 saturated heterocycles. The third-order valence-electron chi connectivity index (χ3n) is 4.46. The SMILES string of the molecule is CC(C)Cc1ccc(C(O)COC2CCC(C)CC2)cc1. The van der Waals surface area contributed by atoms with E-state index in [2.05, 4.69) is 32.9 Å². The number of benzene rings is 1. The van der Waals surface area contributed by atoms with E-state index < -0.39 is 6.10 Å². The highest BCUT2D eigenvalue weighted by Crippen LogP contribution is 2.26. The summed E-state index contributed by atoms with van der Waals surface area (Å²) >= 11 is 0. The van der Waals surface area contributed by atoms with Gasteiger partial charge >= 0.3 is 0 Å². The molecule has 1 unspecified atom stereocenters. The van der Waals surface area contributed by atoms with Gasteiger partial charge in [-0.2, -0.15) is 0 Å². The number of rotatable bonds is 6. The third-order valence-corrected chi connectivity index (χ3v) is 4.46. The molecule has 1 aromatic rings. The molecule has 2 nitrogen and oxygen atoms in total. The Kier molecular flexibility index (Phi) is 6.25. The highest BCUT2D eigenvalue weighted by atomic mass is 16.5. The summed E-state index contributed by atoms with van der Waals surface area (Å²) in [6, 6.07) is 8.32. The number of hydrogen-bond acceptors (Lipinski definition) is 2. The molecular formula is C19H30O2. The van der Waals surface area contributed by atoms with E-state index in [0.29, 0.717) is 18.6 Å². The molecule has 1 aliphatic carbocycles. The molecule has 0 aromatic heterocycles. The molecule has 0 heterocycles. The minimum atomic E-state index is -0.502. The zero-order valence-electron chi connectivity index (χ0n) is 13.7. The molecule has 1 aromatic carbocycles. The van der Waals surface area contributed by atoms with Gasteiger partial charge in [0.15, 0.2) is 0 Å². The van der Waals surface area contributed by atoms with Gasteiger partial charge in [0.25, 0.3) is 0 Å². The fraction of sp³-hybridized carbons (Fsp3) is 0.684. The van der Waals surface area contributed by atoms with E-state index in [1.807, 2.05) is 12.1 Å². The van der Waals surface area contributed by atoms with Crippen LogP contribution in [0.25, 0.3) is 0 Å². The van der Waals surface area contributed by atoms with E-state index in [4.69, 9.17) is 4.74 Å². The second-order valence-corrected chi connectivity index (χ2v) is 7.07. The topological polar surface area (TPSA) is 29.5 Å². The normalized spacial score (nSPS) is 24.2. The molecule has 2 rings (SSSR count). The molecule has 2 heteroatoms. The van der Waals surface area contributed by atoms with Crippen LogP contribution in [0.1, 0.15) is 63.7 Å². The van der Waals surface area contributed by atoms with Crippen molar-refractivity contribution < 1.29 is 9.84 Å². The van der Waals surface area contributed by atoms with Crippen molar-refractivity contribution in [2.24, 2.45) is 11.8 Å². The summed E-state index contributed by atoms with van der Waals surface area (Å²) in [5.41, 5.74) is 2.30. The molecule has 1 N–H and O–H groups in total. The summed E-state index contributed by atoms with van der Waals surface area (Å²) in [5, 5.41) is 10.3. The van der Waals surface area contributed by atoms with Gasteiger partial charge in [-0.25, -0.2) is 0 Å². The predicted octanol–water partition coefficient (Wildman–Crippen LogP) is 4.51. The van der Waals surface area contributed by atoms with Crippen LogP contribution in [0.15, 0.2) is 24.3 Å². The largest absolute Gasteiger partial charge is 0.386 e. The molecule has 0 spiro atoms. The van der Waals surface area contributed by atoms with Gasteiger partial charge in [-0.3, -0.25) is 0 Å². The van der Waals surface area contributed by atoms with Crippen LogP contribution in [0, 0.1) is 11.8 Å². The molecule has 0 radical (unpaired) electrons. The number of hydrogen-bond donors (Lipinski definition) is 1. The van der Waals surface area contributed by atoms with Gasteiger partial charge in [0, 0.05) is 0 Å². The van der Waals surface area contributed by atoms with Crippen molar-refractivity contribution in [2.45, 2.75) is 65.1 Å². The summed E-state index contributed by atoms with van der Waals surface area (Å²) in [6.45, 7) is 7.18. The van der Waals surface area contributed by atoms with E-state index in [1.54, 1.807) is 0 Å². The van der Waals surface area contributed by atoms with Crippen LogP contribution in [-0.2, 0) is 11.2 Å². The molecule has 21 heavy (non-hydrogen) atoms. The molecule has 0 amide bonds. The van der Waals surface area contributed by atoms with Crippen LogP contribution in [-0.4, -0.2) is 17.8 Å². The van der Waals surface area contributed by atoms with Crippen LogP contribution in [0.5, 0.6) is 0 Å². The summed E-state index contributed by atoms with van der Waals surface area (Å²) in [5.74, 6) is 1.50. The first kappa shape index (κ1) is 16.5. The maximum atomic E-state index is 10.3. The Hall–Kier alpha value is -0.860. The van der Waals surface area contributed by atoms with Crippen molar-refractivity contribution in [3.8, 4) is 0 Å². The van der Waals surface area contributed by atoms with Gasteiger partial charge in [0.1, 0.15) is 6.10 Å². The lowest BCUT2D eigenvalue weighted by molar-refractivity contribution is -0.0294. The molecule has 1 fully saturated rings. The molecule has 1 atom stereocenters. The van der Waals surface area contributed by atoms with Crippen molar-refractivity contribution >= 4 is 0 Å². The van der Waals surface area contributed by atoms with Crippen molar-refractivity contribution in [2.75, 3.05) is 6.61 Å². The third kappa shape index (κ3) is 5.44. The second kappa shape index (κ2) is 7.95. The predicted molar refractivity (Wildman–Crippen MR) is 87.3 cm³/mol. The number of aliphatic hydroxyl groups excluding tert-OH is 1. The highest BCUT2D eigenvalue weighted by Gasteiger charge is 2.20. The molecule has 0 bridgehead atoms. The maximum absolute atomic E-state index is 10.3. The molecule has 1 saturated carbocycles. The lowest BCUT2D eigenvalue weighted by Crippen LogP contribution is -2.22. The standard InChI is InChI=1S/C19H30O2/c1-14(2)12-16-6-8-17(9-7-16)19(20)13-21-18-10-4-15(3)5-11-18/h6-9,14-15,18-20H,4-5,10-13H2,1-3H3. The van der Waals surface area contributed by atoms with Gasteiger partial charge in [-0.15, -0.1) is 0 Å². The minimum absolute atomic E-state index is 0.344. The Balaban J connectivity index is 1.78. The van der Waals surface area contributed by atoms with Gasteiger partial charge in [-0.05, 0) is 55.1 Å². The van der Waals surface area contributed by atoms with Crippen LogP contribution in [0.3, 0.4) is 0 Å². The van der Waals surface area contributed by atoms with Gasteiger partial charge in [0.05, 0.1) is 12.7 Å². The Morgan fingerprint density at radius 3 is 2.29 bits per heavy atom. The quantitative estimate of drug-likeness (QED) is 0.835. The fourth-order valence-corrected chi connectivity index (χ4v) is 3.07. The molecule has 118 valence electrons. The van der Waals surface area contributed by atoms with E-state index >= 15 is 0 Å². The molecule has 0 aliphatic heterocycles. The van der Waals surface area contributed by atoms with Crippen molar-refractivity contribution in [3.05, 3.63) is 35.4 Å². The maximum Gasteiger partial charge on any atom is 0.102 e. The lowest BCUT2D eigenvalue weighted by atomic mass is 9.89. The Bertz CT molecular complexity index is 402.